The maximum Gasteiger partial charge on any atom is 0.329 e. The monoisotopic (exact) mass is 317 g/mol. The first-order valence-corrected chi connectivity index (χ1v) is 7.65. The molecular formula is C16H19N3O4. The minimum Gasteiger partial charge on any atom is -0.480 e. The summed E-state index contributed by atoms with van der Waals surface area (Å²) in [6, 6.07) is 5.03. The van der Waals surface area contributed by atoms with Crippen molar-refractivity contribution in [2.75, 3.05) is 0 Å². The van der Waals surface area contributed by atoms with Crippen LogP contribution in [0.4, 0.5) is 0 Å². The molecule has 23 heavy (non-hydrogen) atoms. The second kappa shape index (κ2) is 5.91. The van der Waals surface area contributed by atoms with Crippen molar-refractivity contribution in [1.29, 1.82) is 0 Å². The van der Waals surface area contributed by atoms with E-state index in [1.165, 1.54) is 6.26 Å². The number of carboxylic acid groups (broad SMARTS) is 1. The maximum absolute atomic E-state index is 12.4. The second-order valence-electron chi connectivity index (χ2n) is 6.17. The SMILES string of the molecule is CC1CCC(NC(=O)c2cc(-c3ccco3)[nH]n2)(C(=O)O)CC1. The fourth-order valence-electron chi connectivity index (χ4n) is 2.92. The molecule has 3 N–H and O–H groups in total. The Kier molecular flexibility index (Phi) is 3.94. The fraction of sp³-hybridized carbons (Fsp3) is 0.438. The lowest BCUT2D eigenvalue weighted by Crippen LogP contribution is -2.56. The number of amides is 1. The van der Waals surface area contributed by atoms with Crippen molar-refractivity contribution < 1.29 is 19.1 Å². The number of carboxylic acids is 1. The van der Waals surface area contributed by atoms with Crippen LogP contribution in [0.15, 0.2) is 28.9 Å². The zero-order valence-corrected chi connectivity index (χ0v) is 12.8. The van der Waals surface area contributed by atoms with Gasteiger partial charge in [0.1, 0.15) is 11.2 Å². The lowest BCUT2D eigenvalue weighted by Gasteiger charge is -2.36. The minimum absolute atomic E-state index is 0.149. The molecule has 0 spiro atoms. The topological polar surface area (TPSA) is 108 Å². The number of aliphatic carboxylic acids is 1. The molecule has 1 aliphatic carbocycles. The summed E-state index contributed by atoms with van der Waals surface area (Å²) >= 11 is 0. The Morgan fingerprint density at radius 3 is 2.78 bits per heavy atom. The van der Waals surface area contributed by atoms with Crippen molar-refractivity contribution in [1.82, 2.24) is 15.5 Å². The number of hydrogen-bond acceptors (Lipinski definition) is 4. The third kappa shape index (κ3) is 2.99. The fourth-order valence-corrected chi connectivity index (χ4v) is 2.92. The number of rotatable bonds is 4. The Hall–Kier alpha value is -2.57. The number of carbonyl (C=O) groups is 2. The van der Waals surface area contributed by atoms with Crippen molar-refractivity contribution in [2.45, 2.75) is 38.1 Å². The molecule has 1 fully saturated rings. The van der Waals surface area contributed by atoms with Crippen LogP contribution in [0.5, 0.6) is 0 Å². The summed E-state index contributed by atoms with van der Waals surface area (Å²) in [5, 5.41) is 18.9. The summed E-state index contributed by atoms with van der Waals surface area (Å²) in [5.74, 6) is -0.429. The average Bonchev–Trinajstić information content (AvgIpc) is 3.20. The minimum atomic E-state index is -1.20. The van der Waals surface area contributed by atoms with Crippen molar-refractivity contribution in [2.24, 2.45) is 5.92 Å². The average molecular weight is 317 g/mol. The third-order valence-corrected chi connectivity index (χ3v) is 4.49. The van der Waals surface area contributed by atoms with Crippen LogP contribution in [-0.4, -0.2) is 32.7 Å². The Morgan fingerprint density at radius 1 is 1.43 bits per heavy atom. The molecule has 0 saturated heterocycles. The van der Waals surface area contributed by atoms with Gasteiger partial charge in [0.25, 0.3) is 5.91 Å². The molecule has 1 aliphatic rings. The molecule has 7 heteroatoms. The maximum atomic E-state index is 12.4. The van der Waals surface area contributed by atoms with E-state index < -0.39 is 17.4 Å². The van der Waals surface area contributed by atoms with E-state index in [4.69, 9.17) is 4.42 Å². The number of nitrogens with one attached hydrogen (secondary N) is 2. The van der Waals surface area contributed by atoms with Gasteiger partial charge in [0.2, 0.25) is 0 Å². The Labute approximate surface area is 133 Å². The van der Waals surface area contributed by atoms with Gasteiger partial charge in [0.15, 0.2) is 11.5 Å². The highest BCUT2D eigenvalue weighted by atomic mass is 16.4. The van der Waals surface area contributed by atoms with Crippen LogP contribution in [0.25, 0.3) is 11.5 Å². The van der Waals surface area contributed by atoms with E-state index in [0.29, 0.717) is 30.2 Å². The Morgan fingerprint density at radius 2 is 2.17 bits per heavy atom. The van der Waals surface area contributed by atoms with Crippen LogP contribution >= 0.6 is 0 Å². The van der Waals surface area contributed by atoms with Gasteiger partial charge in [-0.05, 0) is 43.7 Å². The summed E-state index contributed by atoms with van der Waals surface area (Å²) in [5.41, 5.74) is -0.481. The van der Waals surface area contributed by atoms with Gasteiger partial charge < -0.3 is 14.8 Å². The van der Waals surface area contributed by atoms with Crippen LogP contribution in [-0.2, 0) is 4.79 Å². The molecule has 3 rings (SSSR count). The first kappa shape index (κ1) is 15.3. The van der Waals surface area contributed by atoms with E-state index in [1.807, 2.05) is 0 Å². The van der Waals surface area contributed by atoms with Gasteiger partial charge >= 0.3 is 5.97 Å². The van der Waals surface area contributed by atoms with Crippen LogP contribution in [0.1, 0.15) is 43.1 Å². The van der Waals surface area contributed by atoms with Gasteiger partial charge in [-0.15, -0.1) is 0 Å². The highest BCUT2D eigenvalue weighted by Gasteiger charge is 2.42. The first-order valence-electron chi connectivity index (χ1n) is 7.65. The molecule has 0 radical (unpaired) electrons. The summed E-state index contributed by atoms with van der Waals surface area (Å²) < 4.78 is 5.24. The standard InChI is InChI=1S/C16H19N3O4/c1-10-4-6-16(7-5-10,15(21)22)17-14(20)12-9-11(18-19-12)13-3-2-8-23-13/h2-3,8-10H,4-7H2,1H3,(H,17,20)(H,18,19)(H,21,22). The molecule has 1 amide bonds. The lowest BCUT2D eigenvalue weighted by atomic mass is 9.77. The molecular weight excluding hydrogens is 298 g/mol. The lowest BCUT2D eigenvalue weighted by molar-refractivity contribution is -0.146. The Balaban J connectivity index is 1.76. The zero-order chi connectivity index (χ0) is 16.4. The summed E-state index contributed by atoms with van der Waals surface area (Å²) in [4.78, 5) is 24.1. The van der Waals surface area contributed by atoms with Gasteiger partial charge in [-0.3, -0.25) is 9.89 Å². The molecule has 0 atom stereocenters. The predicted molar refractivity (Wildman–Crippen MR) is 81.8 cm³/mol. The number of nitrogens with zero attached hydrogens (tertiary/aromatic N) is 1. The highest BCUT2D eigenvalue weighted by molar-refractivity contribution is 5.97. The van der Waals surface area contributed by atoms with Crippen LogP contribution in [0, 0.1) is 5.92 Å². The number of aromatic amines is 1. The molecule has 122 valence electrons. The van der Waals surface area contributed by atoms with Gasteiger partial charge in [0, 0.05) is 6.07 Å². The van der Waals surface area contributed by atoms with Crippen molar-refractivity contribution in [3.8, 4) is 11.5 Å². The van der Waals surface area contributed by atoms with Gasteiger partial charge in [0.05, 0.1) is 6.26 Å². The number of hydrogen-bond donors (Lipinski definition) is 3. The van der Waals surface area contributed by atoms with E-state index in [2.05, 4.69) is 22.4 Å². The smallest absolute Gasteiger partial charge is 0.329 e. The van der Waals surface area contributed by atoms with Gasteiger partial charge in [-0.2, -0.15) is 5.10 Å². The molecule has 2 aromatic rings. The molecule has 0 aliphatic heterocycles. The number of furan rings is 1. The van der Waals surface area contributed by atoms with Crippen molar-refractivity contribution in [3.63, 3.8) is 0 Å². The van der Waals surface area contributed by atoms with Crippen LogP contribution < -0.4 is 5.32 Å². The first-order chi connectivity index (χ1) is 11.0. The van der Waals surface area contributed by atoms with Crippen molar-refractivity contribution in [3.05, 3.63) is 30.2 Å². The number of aromatic nitrogens is 2. The van der Waals surface area contributed by atoms with Crippen LogP contribution in [0.2, 0.25) is 0 Å². The summed E-state index contributed by atoms with van der Waals surface area (Å²) in [7, 11) is 0. The zero-order valence-electron chi connectivity index (χ0n) is 12.8. The third-order valence-electron chi connectivity index (χ3n) is 4.49. The van der Waals surface area contributed by atoms with E-state index in [1.54, 1.807) is 18.2 Å². The van der Waals surface area contributed by atoms with Crippen LogP contribution in [0.3, 0.4) is 0 Å². The largest absolute Gasteiger partial charge is 0.480 e. The van der Waals surface area contributed by atoms with Gasteiger partial charge in [-0.25, -0.2) is 4.79 Å². The Bertz CT molecular complexity index is 697. The molecule has 0 bridgehead atoms. The molecule has 7 nitrogen and oxygen atoms in total. The van der Waals surface area contributed by atoms with Crippen molar-refractivity contribution >= 4 is 11.9 Å². The number of H-pyrrole nitrogens is 1. The van der Waals surface area contributed by atoms with E-state index in [0.717, 1.165) is 12.8 Å². The van der Waals surface area contributed by atoms with E-state index in [-0.39, 0.29) is 5.69 Å². The summed E-state index contributed by atoms with van der Waals surface area (Å²) in [6.07, 6.45) is 3.96. The second-order valence-corrected chi connectivity index (χ2v) is 6.17. The molecule has 2 aromatic heterocycles. The van der Waals surface area contributed by atoms with E-state index in [9.17, 15) is 14.7 Å². The summed E-state index contributed by atoms with van der Waals surface area (Å²) in [6.45, 7) is 2.09. The predicted octanol–water partition coefficient (Wildman–Crippen LogP) is 2.43. The normalized spacial score (nSPS) is 24.3. The number of carbonyl (C=O) groups excluding carboxylic acids is 1. The molecule has 2 heterocycles. The molecule has 0 unspecified atom stereocenters. The van der Waals surface area contributed by atoms with Gasteiger partial charge in [-0.1, -0.05) is 6.92 Å². The quantitative estimate of drug-likeness (QED) is 0.802. The molecule has 1 saturated carbocycles. The highest BCUT2D eigenvalue weighted by Crippen LogP contribution is 2.32. The molecule has 0 aromatic carbocycles. The van der Waals surface area contributed by atoms with E-state index >= 15 is 0 Å².